The summed E-state index contributed by atoms with van der Waals surface area (Å²) in [5.41, 5.74) is 1.52. The van der Waals surface area contributed by atoms with Gasteiger partial charge in [0, 0.05) is 22.8 Å². The Labute approximate surface area is 135 Å². The second-order valence-corrected chi connectivity index (χ2v) is 5.80. The number of benzene rings is 2. The van der Waals surface area contributed by atoms with Crippen LogP contribution in [0.2, 0.25) is 10.0 Å². The predicted molar refractivity (Wildman–Crippen MR) is 86.1 cm³/mol. The number of anilines is 1. The monoisotopic (exact) mass is 375 g/mol. The van der Waals surface area contributed by atoms with E-state index in [0.29, 0.717) is 17.1 Å². The van der Waals surface area contributed by atoms with E-state index in [2.05, 4.69) is 21.2 Å². The van der Waals surface area contributed by atoms with Crippen LogP contribution >= 0.6 is 39.1 Å². The minimum atomic E-state index is 0.0381. The average Bonchev–Trinajstić information content (AvgIpc) is 2.41. The Hall–Kier alpha value is -1.10. The van der Waals surface area contributed by atoms with E-state index in [1.165, 1.54) is 6.07 Å². The van der Waals surface area contributed by atoms with Crippen molar-refractivity contribution in [3.8, 4) is 11.5 Å². The van der Waals surface area contributed by atoms with Crippen molar-refractivity contribution in [3.05, 3.63) is 50.4 Å². The third-order valence-electron chi connectivity index (χ3n) is 2.74. The summed E-state index contributed by atoms with van der Waals surface area (Å²) in [6.07, 6.45) is 0. The molecule has 2 N–H and O–H groups in total. The number of rotatable bonds is 4. The van der Waals surface area contributed by atoms with E-state index in [-0.39, 0.29) is 10.8 Å². The molecule has 2 aromatic carbocycles. The molecule has 0 amide bonds. The van der Waals surface area contributed by atoms with Gasteiger partial charge < -0.3 is 15.2 Å². The van der Waals surface area contributed by atoms with Gasteiger partial charge in [0.2, 0.25) is 0 Å². The van der Waals surface area contributed by atoms with E-state index in [0.717, 1.165) is 15.9 Å². The highest BCUT2D eigenvalue weighted by Gasteiger charge is 2.08. The number of hydrogen-bond donors (Lipinski definition) is 2. The second-order valence-electron chi connectivity index (χ2n) is 4.10. The number of ether oxygens (including phenoxy) is 1. The second kappa shape index (κ2) is 6.57. The maximum atomic E-state index is 9.88. The molecular formula is C14H12BrCl2NO2. The Morgan fingerprint density at radius 2 is 2.00 bits per heavy atom. The first-order valence-electron chi connectivity index (χ1n) is 5.75. The molecule has 3 nitrogen and oxygen atoms in total. The number of halogens is 3. The third-order valence-corrected chi connectivity index (χ3v) is 3.87. The van der Waals surface area contributed by atoms with Gasteiger partial charge in [-0.25, -0.2) is 0 Å². The lowest BCUT2D eigenvalue weighted by Gasteiger charge is -2.11. The molecule has 0 aliphatic rings. The van der Waals surface area contributed by atoms with Crippen LogP contribution in [0.3, 0.4) is 0 Å². The molecule has 0 saturated carbocycles. The van der Waals surface area contributed by atoms with Crippen molar-refractivity contribution < 1.29 is 9.84 Å². The minimum Gasteiger partial charge on any atom is -0.506 e. The van der Waals surface area contributed by atoms with Gasteiger partial charge in [0.15, 0.2) is 0 Å². The van der Waals surface area contributed by atoms with Crippen molar-refractivity contribution in [2.24, 2.45) is 0 Å². The number of aromatic hydroxyl groups is 1. The van der Waals surface area contributed by atoms with Crippen molar-refractivity contribution in [2.45, 2.75) is 6.54 Å². The fourth-order valence-electron chi connectivity index (χ4n) is 1.73. The summed E-state index contributed by atoms with van der Waals surface area (Å²) in [4.78, 5) is 0. The standard InChI is InChI=1S/C14H12BrCl2NO2/c1-20-13-3-2-10(6-11(13)15)18-7-8-4-9(16)5-12(17)14(8)19/h2-6,18-19H,7H2,1H3. The molecule has 0 spiro atoms. The van der Waals surface area contributed by atoms with E-state index in [1.807, 2.05) is 18.2 Å². The van der Waals surface area contributed by atoms with Crippen LogP contribution in [0.25, 0.3) is 0 Å². The van der Waals surface area contributed by atoms with Crippen LogP contribution in [-0.2, 0) is 6.54 Å². The fourth-order valence-corrected chi connectivity index (χ4v) is 2.80. The molecule has 0 aliphatic heterocycles. The molecule has 0 bridgehead atoms. The van der Waals surface area contributed by atoms with Gasteiger partial charge in [-0.2, -0.15) is 0 Å². The topological polar surface area (TPSA) is 41.5 Å². The highest BCUT2D eigenvalue weighted by molar-refractivity contribution is 9.10. The Kier molecular flexibility index (Phi) is 5.02. The first-order chi connectivity index (χ1) is 9.51. The van der Waals surface area contributed by atoms with Crippen LogP contribution < -0.4 is 10.1 Å². The molecule has 0 fully saturated rings. The first-order valence-corrected chi connectivity index (χ1v) is 7.30. The molecule has 2 aromatic rings. The molecule has 0 unspecified atom stereocenters. The Bertz CT molecular complexity index is 635. The van der Waals surface area contributed by atoms with Crippen LogP contribution in [-0.4, -0.2) is 12.2 Å². The summed E-state index contributed by atoms with van der Waals surface area (Å²) >= 11 is 15.2. The molecule has 0 saturated heterocycles. The Balaban J connectivity index is 2.15. The maximum absolute atomic E-state index is 9.88. The lowest BCUT2D eigenvalue weighted by atomic mass is 10.2. The molecular weight excluding hydrogens is 365 g/mol. The zero-order chi connectivity index (χ0) is 14.7. The zero-order valence-corrected chi connectivity index (χ0v) is 13.7. The van der Waals surface area contributed by atoms with E-state index in [4.69, 9.17) is 27.9 Å². The van der Waals surface area contributed by atoms with Gasteiger partial charge in [-0.3, -0.25) is 0 Å². The number of nitrogens with one attached hydrogen (secondary N) is 1. The van der Waals surface area contributed by atoms with Crippen LogP contribution in [0.1, 0.15) is 5.56 Å². The number of methoxy groups -OCH3 is 1. The predicted octanol–water partition coefficient (Wildman–Crippen LogP) is 5.08. The highest BCUT2D eigenvalue weighted by atomic mass is 79.9. The largest absolute Gasteiger partial charge is 0.506 e. The quantitative estimate of drug-likeness (QED) is 0.781. The van der Waals surface area contributed by atoms with Gasteiger partial charge in [-0.15, -0.1) is 0 Å². The summed E-state index contributed by atoms with van der Waals surface area (Å²) < 4.78 is 6.01. The van der Waals surface area contributed by atoms with Gasteiger partial charge in [-0.05, 0) is 46.3 Å². The van der Waals surface area contributed by atoms with E-state index in [9.17, 15) is 5.11 Å². The van der Waals surface area contributed by atoms with Gasteiger partial charge in [0.25, 0.3) is 0 Å². The number of hydrogen-bond acceptors (Lipinski definition) is 3. The first kappa shape index (κ1) is 15.3. The molecule has 0 aromatic heterocycles. The maximum Gasteiger partial charge on any atom is 0.139 e. The summed E-state index contributed by atoms with van der Waals surface area (Å²) in [5.74, 6) is 0.792. The molecule has 0 atom stereocenters. The lowest BCUT2D eigenvalue weighted by molar-refractivity contribution is 0.412. The van der Waals surface area contributed by atoms with Gasteiger partial charge in [0.1, 0.15) is 11.5 Å². The molecule has 0 aliphatic carbocycles. The van der Waals surface area contributed by atoms with Crippen LogP contribution in [0.15, 0.2) is 34.8 Å². The Morgan fingerprint density at radius 1 is 1.25 bits per heavy atom. The van der Waals surface area contributed by atoms with Gasteiger partial charge in [0.05, 0.1) is 16.6 Å². The fraction of sp³-hybridized carbons (Fsp3) is 0.143. The summed E-state index contributed by atoms with van der Waals surface area (Å²) in [5, 5.41) is 13.8. The summed E-state index contributed by atoms with van der Waals surface area (Å²) in [7, 11) is 1.61. The van der Waals surface area contributed by atoms with Crippen LogP contribution in [0.4, 0.5) is 5.69 Å². The smallest absolute Gasteiger partial charge is 0.139 e. The van der Waals surface area contributed by atoms with E-state index < -0.39 is 0 Å². The normalized spacial score (nSPS) is 10.4. The molecule has 106 valence electrons. The molecule has 2 rings (SSSR count). The SMILES string of the molecule is COc1ccc(NCc2cc(Cl)cc(Cl)c2O)cc1Br. The number of phenols is 1. The van der Waals surface area contributed by atoms with Crippen molar-refractivity contribution in [2.75, 3.05) is 12.4 Å². The molecule has 0 radical (unpaired) electrons. The van der Waals surface area contributed by atoms with Crippen LogP contribution in [0, 0.1) is 0 Å². The van der Waals surface area contributed by atoms with E-state index >= 15 is 0 Å². The van der Waals surface area contributed by atoms with Gasteiger partial charge in [-0.1, -0.05) is 23.2 Å². The molecule has 20 heavy (non-hydrogen) atoms. The van der Waals surface area contributed by atoms with Crippen molar-refractivity contribution in [3.63, 3.8) is 0 Å². The molecule has 6 heteroatoms. The minimum absolute atomic E-state index is 0.0381. The van der Waals surface area contributed by atoms with Crippen molar-refractivity contribution >= 4 is 44.8 Å². The van der Waals surface area contributed by atoms with E-state index in [1.54, 1.807) is 13.2 Å². The number of phenolic OH excluding ortho intramolecular Hbond substituents is 1. The lowest BCUT2D eigenvalue weighted by Crippen LogP contribution is -2.00. The molecule has 0 heterocycles. The summed E-state index contributed by atoms with van der Waals surface area (Å²) in [6, 6.07) is 8.80. The van der Waals surface area contributed by atoms with Crippen LogP contribution in [0.5, 0.6) is 11.5 Å². The Morgan fingerprint density at radius 3 is 2.65 bits per heavy atom. The highest BCUT2D eigenvalue weighted by Crippen LogP contribution is 2.32. The third kappa shape index (κ3) is 3.51. The zero-order valence-electron chi connectivity index (χ0n) is 10.6. The summed E-state index contributed by atoms with van der Waals surface area (Å²) in [6.45, 7) is 0.408. The van der Waals surface area contributed by atoms with Crippen molar-refractivity contribution in [1.29, 1.82) is 0 Å². The average molecular weight is 377 g/mol. The van der Waals surface area contributed by atoms with Gasteiger partial charge >= 0.3 is 0 Å². The van der Waals surface area contributed by atoms with Crippen molar-refractivity contribution in [1.82, 2.24) is 0 Å².